The maximum atomic E-state index is 13.5. The zero-order chi connectivity index (χ0) is 19.7. The molecule has 0 atom stereocenters. The topological polar surface area (TPSA) is 91.9 Å². The Bertz CT molecular complexity index is 1130. The predicted octanol–water partition coefficient (Wildman–Crippen LogP) is 4.01. The van der Waals surface area contributed by atoms with Crippen LogP contribution in [0.2, 0.25) is 0 Å². The number of sulfonamides is 1. The van der Waals surface area contributed by atoms with Gasteiger partial charge in [0.05, 0.1) is 11.4 Å². The number of fused-ring (bicyclic) bond motifs is 1. The number of pyridine rings is 1. The zero-order valence-corrected chi connectivity index (χ0v) is 15.9. The Morgan fingerprint density at radius 1 is 1.18 bits per heavy atom. The van der Waals surface area contributed by atoms with Crippen LogP contribution in [-0.4, -0.2) is 29.4 Å². The van der Waals surface area contributed by atoms with E-state index in [0.717, 1.165) is 25.5 Å². The lowest BCUT2D eigenvalue weighted by molar-refractivity contribution is 0.104. The van der Waals surface area contributed by atoms with Gasteiger partial charge in [0.2, 0.25) is 10.0 Å². The molecule has 1 aliphatic rings. The Kier molecular flexibility index (Phi) is 4.89. The number of ketones is 1. The highest BCUT2D eigenvalue weighted by Crippen LogP contribution is 2.26. The van der Waals surface area contributed by atoms with Gasteiger partial charge in [-0.3, -0.25) is 9.52 Å². The molecular weight excluding hydrogens is 381 g/mol. The summed E-state index contributed by atoms with van der Waals surface area (Å²) in [5.41, 5.74) is 1.36. The summed E-state index contributed by atoms with van der Waals surface area (Å²) in [4.78, 5) is 19.7. The number of aromatic nitrogens is 2. The molecule has 8 heteroatoms. The SMILES string of the molecule is O=C(c1cccc(NS(=O)(=O)C2CCCCC2)c1)c1c[nH]c2ncc(F)cc12. The minimum absolute atomic E-state index is 0.286. The van der Waals surface area contributed by atoms with Gasteiger partial charge in [-0.1, -0.05) is 31.4 Å². The van der Waals surface area contributed by atoms with Gasteiger partial charge < -0.3 is 4.98 Å². The molecule has 0 saturated heterocycles. The van der Waals surface area contributed by atoms with Crippen molar-refractivity contribution in [2.75, 3.05) is 4.72 Å². The van der Waals surface area contributed by atoms with Crippen LogP contribution in [0.3, 0.4) is 0 Å². The van der Waals surface area contributed by atoms with E-state index in [1.807, 2.05) is 0 Å². The Morgan fingerprint density at radius 3 is 2.75 bits per heavy atom. The van der Waals surface area contributed by atoms with Crippen molar-refractivity contribution in [1.29, 1.82) is 0 Å². The number of H-pyrrole nitrogens is 1. The molecule has 1 fully saturated rings. The lowest BCUT2D eigenvalue weighted by atomic mass is 10.0. The predicted molar refractivity (Wildman–Crippen MR) is 105 cm³/mol. The van der Waals surface area contributed by atoms with Gasteiger partial charge in [-0.2, -0.15) is 0 Å². The molecule has 146 valence electrons. The molecule has 2 aromatic heterocycles. The summed E-state index contributed by atoms with van der Waals surface area (Å²) in [6, 6.07) is 7.61. The van der Waals surface area contributed by atoms with Crippen molar-refractivity contribution in [1.82, 2.24) is 9.97 Å². The Hall–Kier alpha value is -2.74. The van der Waals surface area contributed by atoms with Gasteiger partial charge in [0.1, 0.15) is 11.5 Å². The highest BCUT2D eigenvalue weighted by molar-refractivity contribution is 7.93. The van der Waals surface area contributed by atoms with Crippen LogP contribution in [0.5, 0.6) is 0 Å². The third kappa shape index (κ3) is 3.64. The fraction of sp³-hybridized carbons (Fsp3) is 0.300. The number of halogens is 1. The average molecular weight is 401 g/mol. The summed E-state index contributed by atoms with van der Waals surface area (Å²) in [6.45, 7) is 0. The first-order valence-corrected chi connectivity index (χ1v) is 10.8. The fourth-order valence-electron chi connectivity index (χ4n) is 3.67. The van der Waals surface area contributed by atoms with Gasteiger partial charge in [-0.05, 0) is 31.0 Å². The van der Waals surface area contributed by atoms with Crippen molar-refractivity contribution >= 4 is 32.5 Å². The van der Waals surface area contributed by atoms with E-state index in [-0.39, 0.29) is 11.3 Å². The quantitative estimate of drug-likeness (QED) is 0.632. The Labute approximate surface area is 162 Å². The van der Waals surface area contributed by atoms with Gasteiger partial charge >= 0.3 is 0 Å². The first-order valence-electron chi connectivity index (χ1n) is 9.23. The van der Waals surface area contributed by atoms with Crippen LogP contribution in [0.25, 0.3) is 11.0 Å². The summed E-state index contributed by atoms with van der Waals surface area (Å²) in [7, 11) is -3.50. The zero-order valence-electron chi connectivity index (χ0n) is 15.1. The molecular formula is C20H20FN3O3S. The lowest BCUT2D eigenvalue weighted by Gasteiger charge is -2.22. The number of carbonyl (C=O) groups is 1. The molecule has 2 heterocycles. The van der Waals surface area contributed by atoms with Crippen LogP contribution in [0.1, 0.15) is 48.0 Å². The number of anilines is 1. The van der Waals surface area contributed by atoms with Crippen molar-refractivity contribution < 1.29 is 17.6 Å². The molecule has 4 rings (SSSR count). The molecule has 2 N–H and O–H groups in total. The Balaban J connectivity index is 1.61. The molecule has 0 radical (unpaired) electrons. The second kappa shape index (κ2) is 7.35. The number of benzene rings is 1. The number of rotatable bonds is 5. The molecule has 3 aromatic rings. The molecule has 6 nitrogen and oxygen atoms in total. The third-order valence-corrected chi connectivity index (χ3v) is 6.99. The summed E-state index contributed by atoms with van der Waals surface area (Å²) in [5, 5.41) is -0.0125. The van der Waals surface area contributed by atoms with Crippen LogP contribution in [0.4, 0.5) is 10.1 Å². The molecule has 1 aromatic carbocycles. The van der Waals surface area contributed by atoms with Crippen molar-refractivity contribution in [2.45, 2.75) is 37.4 Å². The van der Waals surface area contributed by atoms with Crippen molar-refractivity contribution in [3.05, 3.63) is 59.7 Å². The van der Waals surface area contributed by atoms with Crippen LogP contribution in [-0.2, 0) is 10.0 Å². The molecule has 1 saturated carbocycles. The van der Waals surface area contributed by atoms with Crippen molar-refractivity contribution in [3.8, 4) is 0 Å². The minimum Gasteiger partial charge on any atom is -0.345 e. The summed E-state index contributed by atoms with van der Waals surface area (Å²) < 4.78 is 41.4. The fourth-order valence-corrected chi connectivity index (χ4v) is 5.24. The van der Waals surface area contributed by atoms with Crippen molar-refractivity contribution in [2.24, 2.45) is 0 Å². The number of carbonyl (C=O) groups excluding carboxylic acids is 1. The number of aromatic amines is 1. The number of hydrogen-bond donors (Lipinski definition) is 2. The van der Waals surface area contributed by atoms with Crippen LogP contribution < -0.4 is 4.72 Å². The van der Waals surface area contributed by atoms with E-state index in [1.54, 1.807) is 18.2 Å². The normalized spacial score (nSPS) is 15.6. The highest BCUT2D eigenvalue weighted by Gasteiger charge is 2.27. The second-order valence-electron chi connectivity index (χ2n) is 7.07. The average Bonchev–Trinajstić information content (AvgIpc) is 3.11. The van der Waals surface area contributed by atoms with E-state index in [9.17, 15) is 17.6 Å². The third-order valence-electron chi connectivity index (χ3n) is 5.12. The minimum atomic E-state index is -3.50. The van der Waals surface area contributed by atoms with Gasteiger partial charge in [0.25, 0.3) is 0 Å². The lowest BCUT2D eigenvalue weighted by Crippen LogP contribution is -2.29. The maximum Gasteiger partial charge on any atom is 0.235 e. The van der Waals surface area contributed by atoms with Gasteiger partial charge in [0, 0.05) is 28.4 Å². The first kappa shape index (κ1) is 18.6. The first-order chi connectivity index (χ1) is 13.4. The monoisotopic (exact) mass is 401 g/mol. The highest BCUT2D eigenvalue weighted by atomic mass is 32.2. The van der Waals surface area contributed by atoms with Crippen LogP contribution >= 0.6 is 0 Å². The smallest absolute Gasteiger partial charge is 0.235 e. The van der Waals surface area contributed by atoms with E-state index >= 15 is 0 Å². The van der Waals surface area contributed by atoms with E-state index in [4.69, 9.17) is 0 Å². The number of nitrogens with one attached hydrogen (secondary N) is 2. The maximum absolute atomic E-state index is 13.5. The van der Waals surface area contributed by atoms with E-state index in [0.29, 0.717) is 35.1 Å². The second-order valence-corrected chi connectivity index (χ2v) is 9.03. The number of hydrogen-bond acceptors (Lipinski definition) is 4. The van der Waals surface area contributed by atoms with Gasteiger partial charge in [0.15, 0.2) is 5.78 Å². The molecule has 0 amide bonds. The summed E-state index contributed by atoms with van der Waals surface area (Å²) in [5.74, 6) is -0.868. The Morgan fingerprint density at radius 2 is 1.96 bits per heavy atom. The van der Waals surface area contributed by atoms with Crippen molar-refractivity contribution in [3.63, 3.8) is 0 Å². The number of nitrogens with zero attached hydrogens (tertiary/aromatic N) is 1. The molecule has 0 spiro atoms. The molecule has 0 aliphatic heterocycles. The van der Waals surface area contributed by atoms with E-state index < -0.39 is 21.1 Å². The molecule has 0 bridgehead atoms. The van der Waals surface area contributed by atoms with Crippen LogP contribution in [0.15, 0.2) is 42.7 Å². The van der Waals surface area contributed by atoms with Gasteiger partial charge in [-0.25, -0.2) is 17.8 Å². The van der Waals surface area contributed by atoms with E-state index in [2.05, 4.69) is 14.7 Å². The van der Waals surface area contributed by atoms with E-state index in [1.165, 1.54) is 18.3 Å². The largest absolute Gasteiger partial charge is 0.345 e. The molecule has 28 heavy (non-hydrogen) atoms. The molecule has 0 unspecified atom stereocenters. The summed E-state index contributed by atoms with van der Waals surface area (Å²) in [6.07, 6.45) is 6.76. The molecule has 1 aliphatic carbocycles. The summed E-state index contributed by atoms with van der Waals surface area (Å²) >= 11 is 0. The van der Waals surface area contributed by atoms with Gasteiger partial charge in [-0.15, -0.1) is 0 Å². The standard InChI is InChI=1S/C20H20FN3O3S/c21-14-10-17-18(12-23-20(17)22-11-14)19(25)13-5-4-6-15(9-13)24-28(26,27)16-7-2-1-3-8-16/h4-6,9-12,16,24H,1-3,7-8H2,(H,22,23). The van der Waals surface area contributed by atoms with Crippen LogP contribution in [0, 0.1) is 5.82 Å².